The Morgan fingerprint density at radius 2 is 2.10 bits per heavy atom. The molecule has 1 heterocycles. The highest BCUT2D eigenvalue weighted by Crippen LogP contribution is 2.15. The molecule has 0 radical (unpaired) electrons. The molecule has 0 bridgehead atoms. The van der Waals surface area contributed by atoms with Gasteiger partial charge in [0.2, 0.25) is 5.56 Å². The molecule has 0 saturated heterocycles. The van der Waals surface area contributed by atoms with Crippen LogP contribution in [0.15, 0.2) is 47.8 Å². The molecule has 1 amide bonds. The number of carbonyl (C=O) groups is 2. The zero-order valence-corrected chi connectivity index (χ0v) is 11.2. The van der Waals surface area contributed by atoms with Crippen LogP contribution in [-0.2, 0) is 9.53 Å². The molecule has 0 aliphatic rings. The number of para-hydroxylation sites is 1. The van der Waals surface area contributed by atoms with Crippen molar-refractivity contribution in [1.29, 1.82) is 0 Å². The van der Waals surface area contributed by atoms with Crippen molar-refractivity contribution in [3.8, 4) is 0 Å². The Bertz CT molecular complexity index is 749. The maximum Gasteiger partial charge on any atom is 0.339 e. The van der Waals surface area contributed by atoms with E-state index in [0.29, 0.717) is 17.4 Å². The van der Waals surface area contributed by atoms with E-state index >= 15 is 0 Å². The van der Waals surface area contributed by atoms with Crippen molar-refractivity contribution in [3.63, 3.8) is 0 Å². The van der Waals surface area contributed by atoms with Gasteiger partial charge in [-0.25, -0.2) is 4.79 Å². The quantitative estimate of drug-likeness (QED) is 0.633. The lowest BCUT2D eigenvalue weighted by Gasteiger charge is -2.07. The number of carbonyl (C=O) groups excluding carboxylic acids is 2. The predicted molar refractivity (Wildman–Crippen MR) is 78.1 cm³/mol. The van der Waals surface area contributed by atoms with E-state index in [4.69, 9.17) is 4.74 Å². The third kappa shape index (κ3) is 3.56. The number of nitrogens with one attached hydrogen (secondary N) is 2. The molecule has 0 spiro atoms. The fourth-order valence-corrected chi connectivity index (χ4v) is 1.82. The van der Waals surface area contributed by atoms with Gasteiger partial charge in [0.1, 0.15) is 0 Å². The first-order chi connectivity index (χ1) is 10.1. The molecule has 21 heavy (non-hydrogen) atoms. The number of aromatic nitrogens is 1. The number of amides is 1. The zero-order chi connectivity index (χ0) is 15.2. The number of hydrogen-bond acceptors (Lipinski definition) is 4. The number of hydrogen-bond donors (Lipinski definition) is 2. The van der Waals surface area contributed by atoms with Gasteiger partial charge < -0.3 is 15.0 Å². The summed E-state index contributed by atoms with van der Waals surface area (Å²) in [5.74, 6) is -1.15. The Morgan fingerprint density at radius 1 is 1.33 bits per heavy atom. The third-order valence-corrected chi connectivity index (χ3v) is 2.75. The highest BCUT2D eigenvalue weighted by molar-refractivity contribution is 6.03. The van der Waals surface area contributed by atoms with E-state index < -0.39 is 24.0 Å². The van der Waals surface area contributed by atoms with E-state index in [2.05, 4.69) is 16.9 Å². The van der Waals surface area contributed by atoms with E-state index in [1.807, 2.05) is 0 Å². The van der Waals surface area contributed by atoms with E-state index in [0.717, 1.165) is 6.07 Å². The van der Waals surface area contributed by atoms with Crippen molar-refractivity contribution >= 4 is 22.8 Å². The first-order valence-electron chi connectivity index (χ1n) is 6.28. The fraction of sp³-hybridized carbons (Fsp3) is 0.133. The van der Waals surface area contributed by atoms with Crippen LogP contribution < -0.4 is 10.9 Å². The van der Waals surface area contributed by atoms with Crippen molar-refractivity contribution in [2.75, 3.05) is 13.2 Å². The fourth-order valence-electron chi connectivity index (χ4n) is 1.82. The summed E-state index contributed by atoms with van der Waals surface area (Å²) in [5.41, 5.74) is 0.260. The van der Waals surface area contributed by atoms with Gasteiger partial charge in [-0.05, 0) is 6.07 Å². The maximum atomic E-state index is 12.0. The molecule has 0 saturated carbocycles. The first-order valence-corrected chi connectivity index (χ1v) is 6.28. The molecule has 0 unspecified atom stereocenters. The smallest absolute Gasteiger partial charge is 0.339 e. The average molecular weight is 286 g/mol. The molecular weight excluding hydrogens is 272 g/mol. The SMILES string of the molecule is C=CCNC(=O)COC(=O)c1cc(=O)[nH]c2ccccc12. The Morgan fingerprint density at radius 3 is 2.86 bits per heavy atom. The van der Waals surface area contributed by atoms with E-state index in [-0.39, 0.29) is 5.56 Å². The van der Waals surface area contributed by atoms with Crippen LogP contribution in [0.4, 0.5) is 0 Å². The van der Waals surface area contributed by atoms with Crippen LogP contribution in [0.3, 0.4) is 0 Å². The van der Waals surface area contributed by atoms with Gasteiger partial charge in [-0.15, -0.1) is 6.58 Å². The number of benzene rings is 1. The number of ether oxygens (including phenoxy) is 1. The van der Waals surface area contributed by atoms with Crippen LogP contribution in [0.1, 0.15) is 10.4 Å². The maximum absolute atomic E-state index is 12.0. The number of aromatic amines is 1. The van der Waals surface area contributed by atoms with Crippen LogP contribution in [0.25, 0.3) is 10.9 Å². The second-order valence-electron chi connectivity index (χ2n) is 4.26. The van der Waals surface area contributed by atoms with Crippen LogP contribution in [0.5, 0.6) is 0 Å². The van der Waals surface area contributed by atoms with Gasteiger partial charge in [0.25, 0.3) is 5.91 Å². The summed E-state index contributed by atoms with van der Waals surface area (Å²) < 4.78 is 4.91. The van der Waals surface area contributed by atoms with Gasteiger partial charge in [-0.1, -0.05) is 24.3 Å². The Balaban J connectivity index is 2.18. The second kappa shape index (κ2) is 6.51. The van der Waals surface area contributed by atoms with Crippen LogP contribution >= 0.6 is 0 Å². The van der Waals surface area contributed by atoms with E-state index in [1.165, 1.54) is 6.08 Å². The average Bonchev–Trinajstić information content (AvgIpc) is 2.49. The summed E-state index contributed by atoms with van der Waals surface area (Å²) >= 11 is 0. The van der Waals surface area contributed by atoms with Crippen LogP contribution in [0.2, 0.25) is 0 Å². The molecule has 1 aromatic heterocycles. The minimum absolute atomic E-state index is 0.130. The molecule has 0 aliphatic heterocycles. The Kier molecular flexibility index (Phi) is 4.50. The summed E-state index contributed by atoms with van der Waals surface area (Å²) in [5, 5.41) is 3.05. The topological polar surface area (TPSA) is 88.3 Å². The molecular formula is C15H14N2O4. The lowest BCUT2D eigenvalue weighted by molar-refractivity contribution is -0.124. The van der Waals surface area contributed by atoms with Crippen molar-refractivity contribution in [1.82, 2.24) is 10.3 Å². The Labute approximate surface area is 120 Å². The van der Waals surface area contributed by atoms with Gasteiger partial charge in [0.15, 0.2) is 6.61 Å². The van der Waals surface area contributed by atoms with Crippen molar-refractivity contribution in [2.24, 2.45) is 0 Å². The summed E-state index contributed by atoms with van der Waals surface area (Å²) in [7, 11) is 0. The number of H-pyrrole nitrogens is 1. The zero-order valence-electron chi connectivity index (χ0n) is 11.2. The predicted octanol–water partition coefficient (Wildman–Crippen LogP) is 0.987. The second-order valence-corrected chi connectivity index (χ2v) is 4.26. The standard InChI is InChI=1S/C15H14N2O4/c1-2-7-16-14(19)9-21-15(20)11-8-13(18)17-12-6-4-3-5-10(11)12/h2-6,8H,1,7,9H2,(H,16,19)(H,17,18). The van der Waals surface area contributed by atoms with Crippen molar-refractivity contribution in [2.45, 2.75) is 0 Å². The monoisotopic (exact) mass is 286 g/mol. The molecule has 6 nitrogen and oxygen atoms in total. The molecule has 0 atom stereocenters. The minimum Gasteiger partial charge on any atom is -0.452 e. The number of pyridine rings is 1. The highest BCUT2D eigenvalue weighted by Gasteiger charge is 2.14. The molecule has 6 heteroatoms. The minimum atomic E-state index is -0.717. The van der Waals surface area contributed by atoms with Crippen molar-refractivity contribution in [3.05, 3.63) is 58.9 Å². The molecule has 2 aromatic rings. The van der Waals surface area contributed by atoms with Gasteiger partial charge in [-0.3, -0.25) is 9.59 Å². The number of fused-ring (bicyclic) bond motifs is 1. The molecule has 2 rings (SSSR count). The summed E-state index contributed by atoms with van der Waals surface area (Å²) in [4.78, 5) is 37.5. The van der Waals surface area contributed by atoms with Gasteiger partial charge in [0.05, 0.1) is 5.56 Å². The normalized spacial score (nSPS) is 10.1. The Hall–Kier alpha value is -2.89. The molecule has 2 N–H and O–H groups in total. The van der Waals surface area contributed by atoms with E-state index in [1.54, 1.807) is 24.3 Å². The molecule has 108 valence electrons. The van der Waals surface area contributed by atoms with Crippen LogP contribution in [0, 0.1) is 0 Å². The molecule has 0 aliphatic carbocycles. The number of rotatable bonds is 5. The number of esters is 1. The molecule has 0 fully saturated rings. The summed E-state index contributed by atoms with van der Waals surface area (Å²) in [6.07, 6.45) is 1.52. The lowest BCUT2D eigenvalue weighted by atomic mass is 10.1. The first kappa shape index (κ1) is 14.5. The van der Waals surface area contributed by atoms with Crippen LogP contribution in [-0.4, -0.2) is 30.0 Å². The largest absolute Gasteiger partial charge is 0.452 e. The third-order valence-electron chi connectivity index (χ3n) is 2.75. The lowest BCUT2D eigenvalue weighted by Crippen LogP contribution is -2.29. The molecule has 1 aromatic carbocycles. The van der Waals surface area contributed by atoms with Gasteiger partial charge in [-0.2, -0.15) is 0 Å². The van der Waals surface area contributed by atoms with E-state index in [9.17, 15) is 14.4 Å². The highest BCUT2D eigenvalue weighted by atomic mass is 16.5. The van der Waals surface area contributed by atoms with Gasteiger partial charge in [0, 0.05) is 23.5 Å². The van der Waals surface area contributed by atoms with Gasteiger partial charge >= 0.3 is 5.97 Å². The summed E-state index contributed by atoms with van der Waals surface area (Å²) in [6, 6.07) is 8.03. The summed E-state index contributed by atoms with van der Waals surface area (Å²) in [6.45, 7) is 3.35. The van der Waals surface area contributed by atoms with Crippen molar-refractivity contribution < 1.29 is 14.3 Å².